The van der Waals surface area contributed by atoms with Crippen LogP contribution in [0.15, 0.2) is 24.3 Å². The Labute approximate surface area is 98.8 Å². The molecule has 1 atom stereocenters. The molecule has 1 unspecified atom stereocenters. The third-order valence-electron chi connectivity index (χ3n) is 3.13. The van der Waals surface area contributed by atoms with E-state index in [0.29, 0.717) is 5.92 Å². The van der Waals surface area contributed by atoms with Crippen molar-refractivity contribution >= 4 is 0 Å². The van der Waals surface area contributed by atoms with Gasteiger partial charge >= 0.3 is 0 Å². The summed E-state index contributed by atoms with van der Waals surface area (Å²) in [5.41, 5.74) is 7.13. The van der Waals surface area contributed by atoms with E-state index in [-0.39, 0.29) is 5.54 Å². The molecule has 90 valence electrons. The van der Waals surface area contributed by atoms with Crippen LogP contribution in [0.5, 0.6) is 5.75 Å². The van der Waals surface area contributed by atoms with E-state index < -0.39 is 0 Å². The monoisotopic (exact) mass is 221 g/mol. The maximum absolute atomic E-state index is 6.37. The molecule has 0 aliphatic rings. The molecule has 0 spiro atoms. The predicted octanol–water partition coefficient (Wildman–Crippen LogP) is 3.31. The summed E-state index contributed by atoms with van der Waals surface area (Å²) in [7, 11) is 0. The standard InChI is InChI=1S/C14H23NO/c1-5-10-16-13-9-7-6-8-12(13)14(4,15)11(2)3/h6-9,11H,5,10,15H2,1-4H3. The first kappa shape index (κ1) is 13.0. The van der Waals surface area contributed by atoms with E-state index in [9.17, 15) is 0 Å². The molecule has 1 aromatic rings. The first-order chi connectivity index (χ1) is 7.50. The van der Waals surface area contributed by atoms with Crippen LogP contribution >= 0.6 is 0 Å². The van der Waals surface area contributed by atoms with E-state index in [4.69, 9.17) is 10.5 Å². The summed E-state index contributed by atoms with van der Waals surface area (Å²) < 4.78 is 5.74. The van der Waals surface area contributed by atoms with E-state index in [1.165, 1.54) is 0 Å². The maximum atomic E-state index is 6.37. The largest absolute Gasteiger partial charge is 0.493 e. The molecule has 0 aromatic heterocycles. The van der Waals surface area contributed by atoms with Gasteiger partial charge in [0.05, 0.1) is 6.61 Å². The number of para-hydroxylation sites is 1. The predicted molar refractivity (Wildman–Crippen MR) is 68.6 cm³/mol. The Balaban J connectivity index is 3.02. The van der Waals surface area contributed by atoms with Gasteiger partial charge in [0, 0.05) is 11.1 Å². The number of hydrogen-bond donors (Lipinski definition) is 1. The van der Waals surface area contributed by atoms with Crippen LogP contribution in [-0.2, 0) is 5.54 Å². The molecule has 0 aliphatic heterocycles. The van der Waals surface area contributed by atoms with Crippen LogP contribution in [0.3, 0.4) is 0 Å². The molecule has 2 nitrogen and oxygen atoms in total. The quantitative estimate of drug-likeness (QED) is 0.828. The van der Waals surface area contributed by atoms with E-state index in [1.54, 1.807) is 0 Å². The third kappa shape index (κ3) is 2.76. The van der Waals surface area contributed by atoms with Crippen molar-refractivity contribution in [2.75, 3.05) is 6.61 Å². The Kier molecular flexibility index (Phi) is 4.36. The lowest BCUT2D eigenvalue weighted by Crippen LogP contribution is -2.38. The normalized spacial score (nSPS) is 14.9. The van der Waals surface area contributed by atoms with Gasteiger partial charge in [0.2, 0.25) is 0 Å². The summed E-state index contributed by atoms with van der Waals surface area (Å²) in [5, 5.41) is 0. The molecule has 0 saturated heterocycles. The zero-order valence-electron chi connectivity index (χ0n) is 10.8. The summed E-state index contributed by atoms with van der Waals surface area (Å²) in [6, 6.07) is 8.07. The van der Waals surface area contributed by atoms with Crippen LogP contribution in [0, 0.1) is 5.92 Å². The van der Waals surface area contributed by atoms with Gasteiger partial charge in [-0.1, -0.05) is 39.0 Å². The van der Waals surface area contributed by atoms with Crippen molar-refractivity contribution < 1.29 is 4.74 Å². The Morgan fingerprint density at radius 2 is 1.94 bits per heavy atom. The van der Waals surface area contributed by atoms with Gasteiger partial charge in [0.15, 0.2) is 0 Å². The summed E-state index contributed by atoms with van der Waals surface area (Å²) >= 11 is 0. The summed E-state index contributed by atoms with van der Waals surface area (Å²) in [6.07, 6.45) is 1.01. The molecule has 0 bridgehead atoms. The Morgan fingerprint density at radius 1 is 1.31 bits per heavy atom. The first-order valence-corrected chi connectivity index (χ1v) is 6.01. The maximum Gasteiger partial charge on any atom is 0.124 e. The van der Waals surface area contributed by atoms with Gasteiger partial charge in [-0.15, -0.1) is 0 Å². The summed E-state index contributed by atoms with van der Waals surface area (Å²) in [4.78, 5) is 0. The average molecular weight is 221 g/mol. The number of hydrogen-bond acceptors (Lipinski definition) is 2. The highest BCUT2D eigenvalue weighted by atomic mass is 16.5. The highest BCUT2D eigenvalue weighted by Crippen LogP contribution is 2.33. The van der Waals surface area contributed by atoms with Gasteiger partial charge in [0.1, 0.15) is 5.75 Å². The highest BCUT2D eigenvalue weighted by molar-refractivity contribution is 5.38. The van der Waals surface area contributed by atoms with Gasteiger partial charge in [-0.05, 0) is 25.3 Å². The minimum Gasteiger partial charge on any atom is -0.493 e. The highest BCUT2D eigenvalue weighted by Gasteiger charge is 2.28. The van der Waals surface area contributed by atoms with E-state index >= 15 is 0 Å². The van der Waals surface area contributed by atoms with Crippen LogP contribution in [0.2, 0.25) is 0 Å². The minimum atomic E-state index is -0.343. The fourth-order valence-electron chi connectivity index (χ4n) is 1.56. The zero-order valence-corrected chi connectivity index (χ0v) is 10.8. The fraction of sp³-hybridized carbons (Fsp3) is 0.571. The molecule has 0 aliphatic carbocycles. The first-order valence-electron chi connectivity index (χ1n) is 6.01. The van der Waals surface area contributed by atoms with Crippen molar-refractivity contribution in [2.24, 2.45) is 11.7 Å². The van der Waals surface area contributed by atoms with Crippen molar-refractivity contribution in [3.05, 3.63) is 29.8 Å². The Morgan fingerprint density at radius 3 is 2.50 bits per heavy atom. The number of rotatable bonds is 5. The second-order valence-corrected chi connectivity index (χ2v) is 4.78. The Hall–Kier alpha value is -1.02. The van der Waals surface area contributed by atoms with E-state index in [1.807, 2.05) is 18.2 Å². The van der Waals surface area contributed by atoms with Crippen LogP contribution in [0.1, 0.15) is 39.7 Å². The van der Waals surface area contributed by atoms with Crippen LogP contribution in [0.4, 0.5) is 0 Å². The van der Waals surface area contributed by atoms with Crippen LogP contribution < -0.4 is 10.5 Å². The third-order valence-corrected chi connectivity index (χ3v) is 3.13. The van der Waals surface area contributed by atoms with Crippen LogP contribution in [-0.4, -0.2) is 6.61 Å². The smallest absolute Gasteiger partial charge is 0.124 e. The molecule has 0 fully saturated rings. The van der Waals surface area contributed by atoms with Gasteiger partial charge in [-0.2, -0.15) is 0 Å². The second kappa shape index (κ2) is 5.35. The topological polar surface area (TPSA) is 35.2 Å². The number of ether oxygens (including phenoxy) is 1. The van der Waals surface area contributed by atoms with Crippen molar-refractivity contribution in [2.45, 2.75) is 39.7 Å². The van der Waals surface area contributed by atoms with Crippen LogP contribution in [0.25, 0.3) is 0 Å². The molecule has 0 heterocycles. The molecule has 1 aromatic carbocycles. The average Bonchev–Trinajstić information content (AvgIpc) is 2.26. The van der Waals surface area contributed by atoms with Crippen molar-refractivity contribution in [1.29, 1.82) is 0 Å². The van der Waals surface area contributed by atoms with Gasteiger partial charge in [-0.25, -0.2) is 0 Å². The minimum absolute atomic E-state index is 0.343. The number of benzene rings is 1. The van der Waals surface area contributed by atoms with E-state index in [2.05, 4.69) is 33.8 Å². The van der Waals surface area contributed by atoms with Crippen molar-refractivity contribution in [3.63, 3.8) is 0 Å². The molecular formula is C14H23NO. The molecule has 2 N–H and O–H groups in total. The molecule has 0 saturated carbocycles. The summed E-state index contributed by atoms with van der Waals surface area (Å²) in [5.74, 6) is 1.29. The molecule has 0 radical (unpaired) electrons. The lowest BCUT2D eigenvalue weighted by molar-refractivity contribution is 0.288. The number of nitrogens with two attached hydrogens (primary N) is 1. The van der Waals surface area contributed by atoms with Gasteiger partial charge < -0.3 is 10.5 Å². The molecular weight excluding hydrogens is 198 g/mol. The molecule has 0 amide bonds. The zero-order chi connectivity index (χ0) is 12.2. The van der Waals surface area contributed by atoms with Crippen molar-refractivity contribution in [3.8, 4) is 5.75 Å². The lowest BCUT2D eigenvalue weighted by atomic mass is 9.82. The molecule has 16 heavy (non-hydrogen) atoms. The molecule has 1 rings (SSSR count). The van der Waals surface area contributed by atoms with E-state index in [0.717, 1.165) is 24.3 Å². The van der Waals surface area contributed by atoms with Gasteiger partial charge in [0.25, 0.3) is 0 Å². The molecule has 2 heteroatoms. The Bertz CT molecular complexity index is 331. The SMILES string of the molecule is CCCOc1ccccc1C(C)(N)C(C)C. The summed E-state index contributed by atoms with van der Waals surface area (Å²) in [6.45, 7) is 9.18. The second-order valence-electron chi connectivity index (χ2n) is 4.78. The van der Waals surface area contributed by atoms with Crippen molar-refractivity contribution in [1.82, 2.24) is 0 Å². The fourth-order valence-corrected chi connectivity index (χ4v) is 1.56. The lowest BCUT2D eigenvalue weighted by Gasteiger charge is -2.31. The van der Waals surface area contributed by atoms with Gasteiger partial charge in [-0.3, -0.25) is 0 Å².